The fourth-order valence-electron chi connectivity index (χ4n) is 16.8. The Labute approximate surface area is 475 Å². The number of hydrogen-bond acceptors (Lipinski definition) is 11. The minimum absolute atomic E-state index is 0.00644. The van der Waals surface area contributed by atoms with E-state index >= 15 is 0 Å². The van der Waals surface area contributed by atoms with Crippen molar-refractivity contribution in [3.63, 3.8) is 0 Å². The molecule has 6 aliphatic carbocycles. The summed E-state index contributed by atoms with van der Waals surface area (Å²) in [7, 11) is 3.27. The molecule has 10 nitrogen and oxygen atoms in total. The number of H-pyrrole nitrogens is 1. The number of aliphatic hydroxyl groups excluding tert-OH is 5. The van der Waals surface area contributed by atoms with Crippen molar-refractivity contribution in [2.45, 2.75) is 127 Å². The van der Waals surface area contributed by atoms with Gasteiger partial charge in [0.15, 0.2) is 11.5 Å². The van der Waals surface area contributed by atoms with Crippen LogP contribution in [-0.4, -0.2) is 91.3 Å². The Bertz CT molecular complexity index is 3020. The number of fused-ring (bicyclic) bond motifs is 6. The molecule has 1 saturated heterocycles. The Balaban J connectivity index is 0.934. The average Bonchev–Trinajstić information content (AvgIpc) is 3.72. The highest BCUT2D eigenvalue weighted by Crippen LogP contribution is 2.68. The number of aromatic amines is 1. The first-order chi connectivity index (χ1) is 38.5. The van der Waals surface area contributed by atoms with Gasteiger partial charge in [-0.25, -0.2) is 0 Å². The van der Waals surface area contributed by atoms with Gasteiger partial charge < -0.3 is 51.4 Å². The number of aryl methyl sites for hydroxylation is 1. The lowest BCUT2D eigenvalue weighted by molar-refractivity contribution is -0.0945. The van der Waals surface area contributed by atoms with Crippen molar-refractivity contribution in [3.05, 3.63) is 165 Å². The van der Waals surface area contributed by atoms with Gasteiger partial charge in [0, 0.05) is 83.7 Å². The molecule has 0 radical (unpaired) electrons. The molecule has 16 atom stereocenters. The standard InChI is InChI=1S/C67H81N3O7S2/c1-2-40-27-45-31-58(74)60(77-61-32-46(28-49-17-10-25-69-49)50-21-26-70-65(68)55(50)39-79-78-38-47(36-71)64(61)76)34-52(45)53-33-59(75)63-44(29-51(40)53)19-23-67-35-54(42-12-4-3-5-13-42)56-30-43-14-7-6-11-41(43)15-9-22-66(56,62(67)37-72)24-20-48(67)16-8-18-57(63)73/h3-7,10-14,17,20-21,24-25,29,31,34,40,44,46-48,53-54,56-57,59,61-64,69-76H,2,8-9,15-16,18,22,26-28,30,32-33,35-39,68H2,1H3. The quantitative estimate of drug-likeness (QED) is 0.0465. The molecule has 1 aromatic heterocycles. The number of dihydropyridines is 1. The zero-order chi connectivity index (χ0) is 54.4. The van der Waals surface area contributed by atoms with Crippen LogP contribution in [0.5, 0.6) is 11.5 Å². The first-order valence-corrected chi connectivity index (χ1v) is 32.1. The van der Waals surface area contributed by atoms with Crippen LogP contribution in [0.1, 0.15) is 110 Å². The van der Waals surface area contributed by atoms with E-state index < -0.39 is 47.6 Å². The summed E-state index contributed by atoms with van der Waals surface area (Å²) in [5.41, 5.74) is 16.5. The van der Waals surface area contributed by atoms with Gasteiger partial charge in [0.1, 0.15) is 11.9 Å². The Morgan fingerprint density at radius 2 is 1.71 bits per heavy atom. The smallest absolute Gasteiger partial charge is 0.161 e. The first kappa shape index (κ1) is 54.7. The SMILES string of the molecule is CCC1Cc2cc(O)c(OC3CC(Cc4ccc[nH]4)C4=CCNC(N)=C4CSSCC(CO)C3O)cc2C2CC(O)C3C(C#CC45CC(c6ccccc6)C6Cc7ccccc7CCCC6(C=CC4CCCC3O)C5CO)C=C12. The third-order valence-electron chi connectivity index (χ3n) is 20.7. The highest BCUT2D eigenvalue weighted by atomic mass is 33.1. The number of aliphatic hydroxyl groups is 5. The number of nitrogens with one attached hydrogen (secondary N) is 2. The van der Waals surface area contributed by atoms with Gasteiger partial charge in [-0.3, -0.25) is 0 Å². The lowest BCUT2D eigenvalue weighted by Crippen LogP contribution is -2.59. The van der Waals surface area contributed by atoms with E-state index in [0.717, 1.165) is 79.3 Å². The minimum Gasteiger partial charge on any atom is -0.504 e. The molecule has 3 aromatic carbocycles. The monoisotopic (exact) mass is 1100 g/mol. The Morgan fingerprint density at radius 3 is 2.51 bits per heavy atom. The van der Waals surface area contributed by atoms with E-state index in [1.165, 1.54) is 22.3 Å². The van der Waals surface area contributed by atoms with Crippen LogP contribution in [0, 0.1) is 70.0 Å². The summed E-state index contributed by atoms with van der Waals surface area (Å²) in [6.07, 6.45) is 17.9. The molecule has 10 N–H and O–H groups in total. The second kappa shape index (κ2) is 23.2. The topological polar surface area (TPSA) is 184 Å². The molecule has 0 amide bonds. The van der Waals surface area contributed by atoms with E-state index in [0.29, 0.717) is 56.0 Å². The van der Waals surface area contributed by atoms with E-state index in [-0.39, 0.29) is 71.6 Å². The molecular weight excluding hydrogens is 1020 g/mol. The Kier molecular flexibility index (Phi) is 16.1. The van der Waals surface area contributed by atoms with Crippen molar-refractivity contribution in [2.24, 2.45) is 63.9 Å². The third-order valence-corrected chi connectivity index (χ3v) is 23.1. The molecule has 79 heavy (non-hydrogen) atoms. The second-order valence-corrected chi connectivity index (χ2v) is 27.1. The number of benzene rings is 3. The second-order valence-electron chi connectivity index (χ2n) is 24.6. The average molecular weight is 1100 g/mol. The van der Waals surface area contributed by atoms with Gasteiger partial charge in [-0.2, -0.15) is 0 Å². The van der Waals surface area contributed by atoms with Gasteiger partial charge in [-0.05, 0) is 170 Å². The number of hydrogen-bond donors (Lipinski definition) is 9. The van der Waals surface area contributed by atoms with Crippen molar-refractivity contribution in [3.8, 4) is 23.3 Å². The van der Waals surface area contributed by atoms with Crippen molar-refractivity contribution in [1.29, 1.82) is 0 Å². The summed E-state index contributed by atoms with van der Waals surface area (Å²) in [5, 5.41) is 75.8. The Morgan fingerprint density at radius 1 is 0.873 bits per heavy atom. The van der Waals surface area contributed by atoms with Gasteiger partial charge in [0.05, 0.1) is 18.3 Å². The zero-order valence-electron chi connectivity index (χ0n) is 45.7. The number of phenols is 1. The Hall–Kier alpha value is -4.84. The fraction of sp³-hybridized carbons (Fsp3) is 0.522. The molecule has 12 rings (SSSR count). The van der Waals surface area contributed by atoms with Crippen LogP contribution in [0.15, 0.2) is 132 Å². The molecule has 4 aromatic rings. The fourth-order valence-corrected chi connectivity index (χ4v) is 19.3. The number of nitrogens with two attached hydrogens (primary N) is 1. The largest absolute Gasteiger partial charge is 0.504 e. The predicted molar refractivity (Wildman–Crippen MR) is 316 cm³/mol. The number of aromatic nitrogens is 1. The van der Waals surface area contributed by atoms with Gasteiger partial charge in [-0.1, -0.05) is 131 Å². The predicted octanol–water partition coefficient (Wildman–Crippen LogP) is 10.1. The summed E-state index contributed by atoms with van der Waals surface area (Å²) in [4.78, 5) is 3.39. The van der Waals surface area contributed by atoms with E-state index in [4.69, 9.17) is 10.5 Å². The van der Waals surface area contributed by atoms with E-state index in [1.807, 2.05) is 24.4 Å². The van der Waals surface area contributed by atoms with Gasteiger partial charge in [0.2, 0.25) is 0 Å². The van der Waals surface area contributed by atoms with Crippen LogP contribution in [0.3, 0.4) is 0 Å². The highest BCUT2D eigenvalue weighted by Gasteiger charge is 2.63. The van der Waals surface area contributed by atoms with Gasteiger partial charge >= 0.3 is 0 Å². The summed E-state index contributed by atoms with van der Waals surface area (Å²) in [5.74, 6) is 8.93. The summed E-state index contributed by atoms with van der Waals surface area (Å²) in [6.45, 7) is 2.62. The van der Waals surface area contributed by atoms with Crippen LogP contribution < -0.4 is 15.8 Å². The molecule has 8 aliphatic rings. The number of rotatable bonds is 8. The third kappa shape index (κ3) is 10.2. The van der Waals surface area contributed by atoms with Crippen molar-refractivity contribution in [2.75, 3.05) is 31.3 Å². The molecule has 16 unspecified atom stereocenters. The van der Waals surface area contributed by atoms with Crippen molar-refractivity contribution in [1.82, 2.24) is 10.3 Å². The van der Waals surface area contributed by atoms with Crippen LogP contribution >= 0.6 is 21.6 Å². The first-order valence-electron chi connectivity index (χ1n) is 29.7. The number of aromatic hydroxyl groups is 1. The zero-order valence-corrected chi connectivity index (χ0v) is 47.3. The maximum absolute atomic E-state index is 12.8. The van der Waals surface area contributed by atoms with Crippen LogP contribution in [-0.2, 0) is 25.7 Å². The van der Waals surface area contributed by atoms with Crippen LogP contribution in [0.4, 0.5) is 0 Å². The lowest BCUT2D eigenvalue weighted by Gasteiger charge is -2.63. The lowest BCUT2D eigenvalue weighted by atomic mass is 9.40. The molecule has 2 fully saturated rings. The normalized spacial score (nSPS) is 36.2. The number of ether oxygens (including phenoxy) is 1. The molecular formula is C67H81N3O7S2. The van der Waals surface area contributed by atoms with E-state index in [2.05, 4.69) is 114 Å². The summed E-state index contributed by atoms with van der Waals surface area (Å²) >= 11 is 0. The maximum Gasteiger partial charge on any atom is 0.161 e. The van der Waals surface area contributed by atoms with E-state index in [1.54, 1.807) is 21.6 Å². The number of phenolic OH excluding ortho intramolecular Hbond substituents is 1. The van der Waals surface area contributed by atoms with E-state index in [9.17, 15) is 30.6 Å². The van der Waals surface area contributed by atoms with Crippen molar-refractivity contribution < 1.29 is 35.4 Å². The van der Waals surface area contributed by atoms with Crippen LogP contribution in [0.2, 0.25) is 0 Å². The van der Waals surface area contributed by atoms with Crippen LogP contribution in [0.25, 0.3) is 0 Å². The summed E-state index contributed by atoms with van der Waals surface area (Å²) < 4.78 is 7.01. The number of allylic oxidation sites excluding steroid dienone is 5. The van der Waals surface area contributed by atoms with Gasteiger partial charge in [0.25, 0.3) is 0 Å². The van der Waals surface area contributed by atoms with Gasteiger partial charge in [-0.15, -0.1) is 0 Å². The molecule has 2 spiro atoms. The molecule has 1 saturated carbocycles. The maximum atomic E-state index is 12.8. The van der Waals surface area contributed by atoms with Crippen molar-refractivity contribution >= 4 is 21.6 Å². The molecule has 2 aliphatic heterocycles. The highest BCUT2D eigenvalue weighted by molar-refractivity contribution is 8.76. The minimum atomic E-state index is -1.06. The molecule has 2 bridgehead atoms. The molecule has 3 heterocycles. The molecule has 12 heteroatoms. The molecule has 418 valence electrons. The summed E-state index contributed by atoms with van der Waals surface area (Å²) in [6, 6.07) is 27.9.